The third kappa shape index (κ3) is 2.37. The fourth-order valence-electron chi connectivity index (χ4n) is 2.20. The molecule has 0 radical (unpaired) electrons. The second kappa shape index (κ2) is 4.96. The number of rotatable bonds is 2. The molecule has 0 aromatic heterocycles. The normalized spacial score (nSPS) is 10.6. The number of nitrogens with two attached hydrogens (primary N) is 2. The monoisotopic (exact) mass is 271 g/mol. The number of hydrogen-bond acceptors (Lipinski definition) is 4. The van der Waals surface area contributed by atoms with Crippen LogP contribution in [0.3, 0.4) is 0 Å². The van der Waals surface area contributed by atoms with Crippen LogP contribution < -0.4 is 16.8 Å². The van der Waals surface area contributed by atoms with Crippen LogP contribution in [0.15, 0.2) is 18.2 Å². The van der Waals surface area contributed by atoms with E-state index in [-0.39, 0.29) is 0 Å². The van der Waals surface area contributed by atoms with Gasteiger partial charge in [0.2, 0.25) is 0 Å². The number of hydrogen-bond donors (Lipinski definition) is 4. The summed E-state index contributed by atoms with van der Waals surface area (Å²) in [6, 6.07) is 5.59. The van der Waals surface area contributed by atoms with E-state index in [1.807, 2.05) is 39.8 Å². The van der Waals surface area contributed by atoms with Gasteiger partial charge in [-0.25, -0.2) is 0 Å². The topological polar surface area (TPSA) is 84.3 Å². The van der Waals surface area contributed by atoms with Crippen molar-refractivity contribution >= 4 is 22.7 Å². The summed E-state index contributed by atoms with van der Waals surface area (Å²) in [5, 5.41) is 13.0. The Morgan fingerprint density at radius 2 is 1.40 bits per heavy atom. The molecule has 0 aliphatic heterocycles. The van der Waals surface area contributed by atoms with Crippen LogP contribution in [0.25, 0.3) is 0 Å². The molecule has 0 spiro atoms. The van der Waals surface area contributed by atoms with Gasteiger partial charge in [0.1, 0.15) is 5.75 Å². The molecule has 4 nitrogen and oxygen atoms in total. The van der Waals surface area contributed by atoms with Gasteiger partial charge in [0.15, 0.2) is 0 Å². The van der Waals surface area contributed by atoms with Crippen LogP contribution in [0, 0.1) is 27.7 Å². The smallest absolute Gasteiger partial charge is 0.118 e. The van der Waals surface area contributed by atoms with Crippen LogP contribution in [0.5, 0.6) is 5.75 Å². The molecule has 106 valence electrons. The van der Waals surface area contributed by atoms with Crippen molar-refractivity contribution in [2.75, 3.05) is 16.8 Å². The van der Waals surface area contributed by atoms with Gasteiger partial charge in [0.25, 0.3) is 0 Å². The molecular formula is C16H21N3O. The molecule has 0 aliphatic rings. The van der Waals surface area contributed by atoms with E-state index < -0.39 is 0 Å². The van der Waals surface area contributed by atoms with Crippen LogP contribution in [0.2, 0.25) is 0 Å². The van der Waals surface area contributed by atoms with Crippen LogP contribution in [-0.2, 0) is 0 Å². The van der Waals surface area contributed by atoms with Gasteiger partial charge in [-0.15, -0.1) is 0 Å². The van der Waals surface area contributed by atoms with Crippen LogP contribution in [0.4, 0.5) is 22.7 Å². The molecule has 0 fully saturated rings. The Hall–Kier alpha value is -2.36. The van der Waals surface area contributed by atoms with Gasteiger partial charge < -0.3 is 21.9 Å². The highest BCUT2D eigenvalue weighted by molar-refractivity contribution is 5.82. The molecule has 0 saturated heterocycles. The molecule has 2 rings (SSSR count). The number of phenolic OH excluding ortho intramolecular Hbond substituents is 1. The highest BCUT2D eigenvalue weighted by atomic mass is 16.3. The third-order valence-electron chi connectivity index (χ3n) is 3.70. The second-order valence-corrected chi connectivity index (χ2v) is 5.27. The quantitative estimate of drug-likeness (QED) is 0.497. The fraction of sp³-hybridized carbons (Fsp3) is 0.250. The number of phenols is 1. The van der Waals surface area contributed by atoms with Crippen LogP contribution >= 0.6 is 0 Å². The highest BCUT2D eigenvalue weighted by Crippen LogP contribution is 2.34. The maximum atomic E-state index is 9.70. The summed E-state index contributed by atoms with van der Waals surface area (Å²) < 4.78 is 0. The number of aryl methyl sites for hydroxylation is 3. The highest BCUT2D eigenvalue weighted by Gasteiger charge is 2.10. The molecule has 2 aromatic rings. The summed E-state index contributed by atoms with van der Waals surface area (Å²) in [4.78, 5) is 0. The van der Waals surface area contributed by atoms with Crippen molar-refractivity contribution in [2.45, 2.75) is 27.7 Å². The molecule has 4 heteroatoms. The number of anilines is 4. The summed E-state index contributed by atoms with van der Waals surface area (Å²) in [5.74, 6) is 0.297. The maximum Gasteiger partial charge on any atom is 0.118 e. The zero-order valence-corrected chi connectivity index (χ0v) is 12.3. The van der Waals surface area contributed by atoms with Gasteiger partial charge in [-0.3, -0.25) is 0 Å². The molecule has 2 aromatic carbocycles. The van der Waals surface area contributed by atoms with Crippen molar-refractivity contribution in [3.8, 4) is 5.75 Å². The summed E-state index contributed by atoms with van der Waals surface area (Å²) in [7, 11) is 0. The van der Waals surface area contributed by atoms with E-state index in [9.17, 15) is 5.11 Å². The third-order valence-corrected chi connectivity index (χ3v) is 3.70. The molecule has 0 heterocycles. The van der Waals surface area contributed by atoms with Crippen molar-refractivity contribution in [1.82, 2.24) is 0 Å². The van der Waals surface area contributed by atoms with E-state index in [4.69, 9.17) is 11.5 Å². The SMILES string of the molecule is Cc1cc(Nc2cc(C)c(N)c(C)c2N)c(C)cc1O. The molecule has 0 atom stereocenters. The first-order chi connectivity index (χ1) is 9.31. The van der Waals surface area contributed by atoms with Crippen LogP contribution in [-0.4, -0.2) is 5.11 Å². The van der Waals surface area contributed by atoms with Crippen molar-refractivity contribution in [1.29, 1.82) is 0 Å². The van der Waals surface area contributed by atoms with E-state index in [1.165, 1.54) is 0 Å². The average molecular weight is 271 g/mol. The van der Waals surface area contributed by atoms with Gasteiger partial charge in [-0.1, -0.05) is 0 Å². The Balaban J connectivity index is 2.48. The van der Waals surface area contributed by atoms with Crippen molar-refractivity contribution in [3.63, 3.8) is 0 Å². The van der Waals surface area contributed by atoms with Gasteiger partial charge in [0, 0.05) is 11.4 Å². The maximum absolute atomic E-state index is 9.70. The fourth-order valence-corrected chi connectivity index (χ4v) is 2.20. The predicted octanol–water partition coefficient (Wildman–Crippen LogP) is 3.53. The first-order valence-corrected chi connectivity index (χ1v) is 6.53. The largest absolute Gasteiger partial charge is 0.508 e. The Labute approximate surface area is 119 Å². The molecule has 20 heavy (non-hydrogen) atoms. The predicted molar refractivity (Wildman–Crippen MR) is 85.6 cm³/mol. The van der Waals surface area contributed by atoms with Crippen molar-refractivity contribution in [3.05, 3.63) is 40.5 Å². The number of aromatic hydroxyl groups is 1. The lowest BCUT2D eigenvalue weighted by atomic mass is 10.0. The Kier molecular flexibility index (Phi) is 3.49. The molecular weight excluding hydrogens is 250 g/mol. The summed E-state index contributed by atoms with van der Waals surface area (Å²) in [6.45, 7) is 7.68. The average Bonchev–Trinajstić information content (AvgIpc) is 2.39. The number of benzene rings is 2. The second-order valence-electron chi connectivity index (χ2n) is 5.27. The van der Waals surface area contributed by atoms with Crippen LogP contribution in [0.1, 0.15) is 22.3 Å². The Bertz CT molecular complexity index is 678. The van der Waals surface area contributed by atoms with Gasteiger partial charge in [-0.05, 0) is 68.1 Å². The van der Waals surface area contributed by atoms with E-state index in [1.54, 1.807) is 6.07 Å². The number of nitrogens with one attached hydrogen (secondary N) is 1. The summed E-state index contributed by atoms with van der Waals surface area (Å²) in [6.07, 6.45) is 0. The lowest BCUT2D eigenvalue weighted by Gasteiger charge is -2.17. The molecule has 0 amide bonds. The lowest BCUT2D eigenvalue weighted by molar-refractivity contribution is 0.471. The summed E-state index contributed by atoms with van der Waals surface area (Å²) in [5.41, 5.74) is 18.9. The number of nitrogen functional groups attached to an aromatic ring is 2. The minimum absolute atomic E-state index is 0.297. The summed E-state index contributed by atoms with van der Waals surface area (Å²) >= 11 is 0. The standard InChI is InChI=1S/C16H21N3O/c1-8-7-14(20)9(2)5-12(8)19-13-6-10(3)15(17)11(4)16(13)18/h5-7,19-20H,17-18H2,1-4H3. The molecule has 0 aliphatic carbocycles. The van der Waals surface area contributed by atoms with Gasteiger partial charge in [-0.2, -0.15) is 0 Å². The first-order valence-electron chi connectivity index (χ1n) is 6.53. The van der Waals surface area contributed by atoms with E-state index in [0.29, 0.717) is 11.4 Å². The van der Waals surface area contributed by atoms with Gasteiger partial charge in [0.05, 0.1) is 11.4 Å². The molecule has 0 unspecified atom stereocenters. The molecule has 0 bridgehead atoms. The van der Waals surface area contributed by atoms with Crippen molar-refractivity contribution in [2.24, 2.45) is 0 Å². The van der Waals surface area contributed by atoms with E-state index in [0.717, 1.165) is 39.3 Å². The first kappa shape index (κ1) is 14.1. The van der Waals surface area contributed by atoms with Crippen molar-refractivity contribution < 1.29 is 5.11 Å². The minimum Gasteiger partial charge on any atom is -0.508 e. The lowest BCUT2D eigenvalue weighted by Crippen LogP contribution is -2.04. The zero-order valence-electron chi connectivity index (χ0n) is 12.3. The van der Waals surface area contributed by atoms with E-state index >= 15 is 0 Å². The molecule has 6 N–H and O–H groups in total. The van der Waals surface area contributed by atoms with Gasteiger partial charge >= 0.3 is 0 Å². The minimum atomic E-state index is 0.297. The Morgan fingerprint density at radius 3 is 2.05 bits per heavy atom. The Morgan fingerprint density at radius 1 is 0.800 bits per heavy atom. The van der Waals surface area contributed by atoms with E-state index in [2.05, 4.69) is 5.32 Å². The zero-order chi connectivity index (χ0) is 15.0. The molecule has 0 saturated carbocycles.